The zero-order valence-electron chi connectivity index (χ0n) is 14.5. The maximum absolute atomic E-state index is 12.2. The van der Waals surface area contributed by atoms with Gasteiger partial charge in [0, 0.05) is 24.9 Å². The Morgan fingerprint density at radius 2 is 1.85 bits per heavy atom. The minimum Gasteiger partial charge on any atom is -0.324 e. The molecule has 0 aromatic heterocycles. The molecule has 0 saturated carbocycles. The van der Waals surface area contributed by atoms with Gasteiger partial charge in [0.05, 0.1) is 6.04 Å². The number of carbonyl (C=O) groups is 3. The lowest BCUT2D eigenvalue weighted by Gasteiger charge is -2.23. The molecule has 2 atom stereocenters. The highest BCUT2D eigenvalue weighted by molar-refractivity contribution is 7.51. The van der Waals surface area contributed by atoms with E-state index in [1.165, 1.54) is 0 Å². The molecular formula is C17H21N2O7P. The van der Waals surface area contributed by atoms with Crippen LogP contribution in [0.25, 0.3) is 0 Å². The van der Waals surface area contributed by atoms with E-state index in [0.717, 1.165) is 11.1 Å². The van der Waals surface area contributed by atoms with Crippen LogP contribution >= 0.6 is 7.60 Å². The molecule has 2 unspecified atom stereocenters. The third-order valence-corrected chi connectivity index (χ3v) is 5.67. The molecule has 2 bridgehead atoms. The number of nitrogens with one attached hydrogen (secondary N) is 1. The van der Waals surface area contributed by atoms with Gasteiger partial charge in [0.15, 0.2) is 0 Å². The van der Waals surface area contributed by atoms with E-state index >= 15 is 0 Å². The number of amides is 3. The van der Waals surface area contributed by atoms with Gasteiger partial charge in [-0.15, -0.1) is 5.06 Å². The van der Waals surface area contributed by atoms with Gasteiger partial charge in [-0.05, 0) is 24.0 Å². The quantitative estimate of drug-likeness (QED) is 0.364. The predicted octanol–water partition coefficient (Wildman–Crippen LogP) is 1.96. The van der Waals surface area contributed by atoms with Gasteiger partial charge in [0.2, 0.25) is 0 Å². The minimum absolute atomic E-state index is 0.0263. The lowest BCUT2D eigenvalue weighted by Crippen LogP contribution is -2.39. The number of carbonyl (C=O) groups excluding carboxylic acids is 3. The molecule has 1 saturated heterocycles. The van der Waals surface area contributed by atoms with E-state index in [4.69, 9.17) is 14.6 Å². The van der Waals surface area contributed by atoms with Crippen molar-refractivity contribution in [3.05, 3.63) is 35.4 Å². The Morgan fingerprint density at radius 3 is 2.52 bits per heavy atom. The summed E-state index contributed by atoms with van der Waals surface area (Å²) in [6.07, 6.45) is 0.592. The van der Waals surface area contributed by atoms with Gasteiger partial charge < -0.3 is 19.9 Å². The normalized spacial score (nSPS) is 21.6. The lowest BCUT2D eigenvalue weighted by molar-refractivity contribution is -0.171. The molecule has 146 valence electrons. The molecule has 3 amide bonds. The Kier molecular flexibility index (Phi) is 5.64. The fourth-order valence-corrected chi connectivity index (χ4v) is 4.14. The molecule has 3 N–H and O–H groups in total. The van der Waals surface area contributed by atoms with Crippen LogP contribution in [0, 0.1) is 0 Å². The van der Waals surface area contributed by atoms with Crippen molar-refractivity contribution in [2.45, 2.75) is 44.1 Å². The number of fused-ring (bicyclic) bond motifs is 2. The molecule has 1 fully saturated rings. The van der Waals surface area contributed by atoms with Crippen molar-refractivity contribution in [2.75, 3.05) is 6.16 Å². The van der Waals surface area contributed by atoms with Gasteiger partial charge >= 0.3 is 13.7 Å². The van der Waals surface area contributed by atoms with Gasteiger partial charge in [-0.3, -0.25) is 14.2 Å². The molecule has 1 aromatic carbocycles. The van der Waals surface area contributed by atoms with Crippen LogP contribution in [0.15, 0.2) is 24.3 Å². The first-order valence-electron chi connectivity index (χ1n) is 8.73. The topological polar surface area (TPSA) is 133 Å². The second-order valence-electron chi connectivity index (χ2n) is 6.74. The largest absolute Gasteiger partial charge is 0.432 e. The van der Waals surface area contributed by atoms with Crippen LogP contribution in [0.2, 0.25) is 0 Å². The average Bonchev–Trinajstić information content (AvgIpc) is 3.02. The van der Waals surface area contributed by atoms with Crippen LogP contribution in [-0.2, 0) is 19.0 Å². The summed E-state index contributed by atoms with van der Waals surface area (Å²) in [4.78, 5) is 58.1. The van der Waals surface area contributed by atoms with E-state index in [-0.39, 0.29) is 31.0 Å². The van der Waals surface area contributed by atoms with Crippen molar-refractivity contribution in [1.29, 1.82) is 0 Å². The Hall–Kier alpha value is -2.22. The third-order valence-electron chi connectivity index (χ3n) is 4.77. The van der Waals surface area contributed by atoms with E-state index in [1.54, 1.807) is 0 Å². The van der Waals surface area contributed by atoms with Crippen molar-refractivity contribution < 1.29 is 33.6 Å². The molecule has 0 spiro atoms. The SMILES string of the molecule is O=C(NC1c2cccc(c2)C1CCCCP(=O)(O)O)ON1C(=O)CCC1=O. The maximum atomic E-state index is 12.2. The molecule has 9 nitrogen and oxygen atoms in total. The van der Waals surface area contributed by atoms with Crippen molar-refractivity contribution in [3.8, 4) is 0 Å². The van der Waals surface area contributed by atoms with E-state index in [2.05, 4.69) is 5.32 Å². The Morgan fingerprint density at radius 1 is 1.19 bits per heavy atom. The molecule has 1 aliphatic heterocycles. The molecular weight excluding hydrogens is 375 g/mol. The third kappa shape index (κ3) is 4.74. The van der Waals surface area contributed by atoms with Crippen molar-refractivity contribution >= 4 is 25.5 Å². The van der Waals surface area contributed by atoms with Gasteiger partial charge in [0.25, 0.3) is 11.8 Å². The Labute approximate surface area is 155 Å². The molecule has 10 heteroatoms. The molecule has 1 aromatic rings. The van der Waals surface area contributed by atoms with Gasteiger partial charge in [-0.1, -0.05) is 30.7 Å². The first-order chi connectivity index (χ1) is 12.7. The van der Waals surface area contributed by atoms with Crippen LogP contribution in [0.1, 0.15) is 55.2 Å². The summed E-state index contributed by atoms with van der Waals surface area (Å²) >= 11 is 0. The second-order valence-corrected chi connectivity index (χ2v) is 8.52. The predicted molar refractivity (Wildman–Crippen MR) is 93.4 cm³/mol. The summed E-state index contributed by atoms with van der Waals surface area (Å²) in [5.41, 5.74) is 1.89. The molecule has 1 aliphatic carbocycles. The zero-order chi connectivity index (χ0) is 19.6. The molecule has 3 rings (SSSR count). The summed E-state index contributed by atoms with van der Waals surface area (Å²) in [6, 6.07) is 7.22. The van der Waals surface area contributed by atoms with Crippen LogP contribution in [0.3, 0.4) is 0 Å². The Bertz CT molecular complexity index is 790. The van der Waals surface area contributed by atoms with Crippen LogP contribution < -0.4 is 5.32 Å². The highest BCUT2D eigenvalue weighted by Gasteiger charge is 2.36. The van der Waals surface area contributed by atoms with Crippen LogP contribution in [-0.4, -0.2) is 38.9 Å². The van der Waals surface area contributed by atoms with Gasteiger partial charge in [-0.25, -0.2) is 4.79 Å². The smallest absolute Gasteiger partial charge is 0.324 e. The van der Waals surface area contributed by atoms with E-state index in [1.807, 2.05) is 24.3 Å². The Balaban J connectivity index is 1.60. The van der Waals surface area contributed by atoms with Gasteiger partial charge in [0.1, 0.15) is 0 Å². The number of imide groups is 1. The van der Waals surface area contributed by atoms with E-state index in [9.17, 15) is 18.9 Å². The van der Waals surface area contributed by atoms with Crippen LogP contribution in [0.4, 0.5) is 4.79 Å². The summed E-state index contributed by atoms with van der Waals surface area (Å²) in [5, 5.41) is 3.20. The summed E-state index contributed by atoms with van der Waals surface area (Å²) < 4.78 is 11.0. The number of unbranched alkanes of at least 4 members (excludes halogenated alkanes) is 1. The molecule has 1 heterocycles. The number of hydroxylamine groups is 2. The zero-order valence-corrected chi connectivity index (χ0v) is 15.4. The molecule has 2 aliphatic rings. The summed E-state index contributed by atoms with van der Waals surface area (Å²) in [6.45, 7) is 0. The van der Waals surface area contributed by atoms with Crippen molar-refractivity contribution in [3.63, 3.8) is 0 Å². The van der Waals surface area contributed by atoms with Crippen LogP contribution in [0.5, 0.6) is 0 Å². The van der Waals surface area contributed by atoms with Crippen molar-refractivity contribution in [2.24, 2.45) is 0 Å². The van der Waals surface area contributed by atoms with Gasteiger partial charge in [-0.2, -0.15) is 0 Å². The van der Waals surface area contributed by atoms with E-state index < -0.39 is 25.5 Å². The standard InChI is InChI=1S/C17H21N2O7P/c20-14-7-8-15(21)19(14)26-17(22)18-16-12-5-3-4-11(10-12)13(16)6-1-2-9-27(23,24)25/h3-5,10,13,16H,1-2,6-9H2,(H,18,22)(H2,23,24,25). The number of hydrogen-bond acceptors (Lipinski definition) is 5. The average molecular weight is 396 g/mol. The second kappa shape index (κ2) is 7.80. The number of hydrogen-bond donors (Lipinski definition) is 3. The first-order valence-corrected chi connectivity index (χ1v) is 10.5. The fraction of sp³-hybridized carbons (Fsp3) is 0.471. The number of nitrogens with zero attached hydrogens (tertiary/aromatic N) is 1. The first kappa shape index (κ1) is 19.5. The fourth-order valence-electron chi connectivity index (χ4n) is 3.50. The minimum atomic E-state index is -4.01. The summed E-state index contributed by atoms with van der Waals surface area (Å²) in [7, 11) is -4.01. The van der Waals surface area contributed by atoms with E-state index in [0.29, 0.717) is 24.3 Å². The number of rotatable bonds is 7. The molecule has 0 radical (unpaired) electrons. The highest BCUT2D eigenvalue weighted by Crippen LogP contribution is 2.42. The lowest BCUT2D eigenvalue weighted by atomic mass is 9.92. The number of benzene rings is 1. The van der Waals surface area contributed by atoms with Crippen molar-refractivity contribution in [1.82, 2.24) is 10.4 Å². The monoisotopic (exact) mass is 396 g/mol. The molecule has 27 heavy (non-hydrogen) atoms. The highest BCUT2D eigenvalue weighted by atomic mass is 31.2. The summed E-state index contributed by atoms with van der Waals surface area (Å²) in [5.74, 6) is -1.16. The maximum Gasteiger partial charge on any atom is 0.432 e.